The molecule has 2 fully saturated rings. The zero-order chi connectivity index (χ0) is 61.6. The Morgan fingerprint density at radius 1 is 0.372 bits per heavy atom. The highest BCUT2D eigenvalue weighted by molar-refractivity contribution is 5.02. The third-order valence-corrected chi connectivity index (χ3v) is 17.8. The number of aliphatic hydroxyl groups excluding tert-OH is 1. The Balaban J connectivity index is 2.01. The van der Waals surface area contributed by atoms with E-state index in [9.17, 15) is 5.11 Å². The lowest BCUT2D eigenvalue weighted by Crippen LogP contribution is -2.44. The van der Waals surface area contributed by atoms with Gasteiger partial charge in [0.05, 0.1) is 5.76 Å². The first kappa shape index (κ1) is 79.4. The van der Waals surface area contributed by atoms with Crippen LogP contribution >= 0.6 is 0 Å². The van der Waals surface area contributed by atoms with Crippen LogP contribution in [0.1, 0.15) is 355 Å². The smallest absolute Gasteiger partial charge is 0.169 e. The number of likely N-dealkylation sites (N-methyl/N-ethyl adjacent to an activating group) is 1. The van der Waals surface area contributed by atoms with Gasteiger partial charge >= 0.3 is 0 Å². The first-order chi connectivity index (χ1) is 42.5. The molecule has 0 saturated carbocycles. The van der Waals surface area contributed by atoms with Gasteiger partial charge in [-0.25, -0.2) is 0 Å². The Hall–Kier alpha value is -2.70. The van der Waals surface area contributed by atoms with Gasteiger partial charge in [-0.15, -0.1) is 0 Å². The van der Waals surface area contributed by atoms with Crippen LogP contribution in [0, 0.1) is 0 Å². The zero-order valence-electron chi connectivity index (χ0n) is 57.7. The third-order valence-electron chi connectivity index (χ3n) is 17.8. The number of rotatable bonds is 61. The average molecular weight is 1200 g/mol. The molecule has 0 bridgehead atoms. The predicted molar refractivity (Wildman–Crippen MR) is 380 cm³/mol. The minimum Gasteiger partial charge on any atom is -0.491 e. The van der Waals surface area contributed by atoms with Gasteiger partial charge < -0.3 is 19.3 Å². The fourth-order valence-corrected chi connectivity index (χ4v) is 12.3. The van der Waals surface area contributed by atoms with Crippen molar-refractivity contribution in [1.29, 1.82) is 0 Å². The molecule has 2 saturated heterocycles. The summed E-state index contributed by atoms with van der Waals surface area (Å²) in [6, 6.07) is 0. The van der Waals surface area contributed by atoms with E-state index in [1.807, 2.05) is 0 Å². The lowest BCUT2D eigenvalue weighted by atomic mass is 9.98. The Kier molecular flexibility index (Phi) is 56.5. The highest BCUT2D eigenvalue weighted by Gasteiger charge is 2.53. The van der Waals surface area contributed by atoms with Gasteiger partial charge in [0.1, 0.15) is 24.4 Å². The highest BCUT2D eigenvalue weighted by atomic mass is 16.8. The van der Waals surface area contributed by atoms with Crippen LogP contribution in [0.15, 0.2) is 109 Å². The van der Waals surface area contributed by atoms with Crippen molar-refractivity contribution in [3.05, 3.63) is 109 Å². The lowest BCUT2D eigenvalue weighted by molar-refractivity contribution is -0.201. The van der Waals surface area contributed by atoms with E-state index in [-0.39, 0.29) is 18.3 Å². The standard InChI is InChI=1S/C81H143NO4/c1-6-10-14-18-22-26-30-34-38-42-46-50-54-58-62-66-70-76(71-67-63-59-55-51-47-43-39-35-31-27-23-19-15-11-7-2)84-77-74-82(5)75-78-80(79(77)83)86-81(85-78,72-68-64-60-56-52-48-44-40-36-32-28-24-20-16-12-8-3)73-69-65-61-57-53-49-45-41-37-33-29-25-21-17-13-9-4/h22-29,34-41,70,77-80,83H,6-21,30-33,42-69,71-75H2,1-5H3/b26-22-,27-23-,28-24-,29-25-,38-34-,39-35-,40-36-,41-37-,76-70+/t77-,78-,79-,80-/m1/s1. The van der Waals surface area contributed by atoms with Crippen LogP contribution < -0.4 is 0 Å². The van der Waals surface area contributed by atoms with Gasteiger partial charge in [-0.2, -0.15) is 0 Å². The Morgan fingerprint density at radius 3 is 1.02 bits per heavy atom. The predicted octanol–water partition coefficient (Wildman–Crippen LogP) is 25.5. The van der Waals surface area contributed by atoms with Crippen LogP contribution in [0.25, 0.3) is 0 Å². The van der Waals surface area contributed by atoms with Crippen LogP contribution in [0.4, 0.5) is 0 Å². The Bertz CT molecular complexity index is 1680. The maximum absolute atomic E-state index is 12.5. The summed E-state index contributed by atoms with van der Waals surface area (Å²) in [4.78, 5) is 2.35. The number of nitrogens with zero attached hydrogens (tertiary/aromatic N) is 1. The molecule has 2 aliphatic rings. The molecule has 2 heterocycles. The van der Waals surface area contributed by atoms with Crippen molar-refractivity contribution in [2.75, 3.05) is 20.1 Å². The summed E-state index contributed by atoms with van der Waals surface area (Å²) in [6.45, 7) is 10.5. The van der Waals surface area contributed by atoms with E-state index < -0.39 is 11.9 Å². The number of aliphatic hydroxyl groups is 1. The SMILES string of the molecule is CCCCC/C=C\C/C=C\CCCCCCC/C=C(\CCCCCCCC/C=C\C/C=C\CCCCC)O[C@@H]1CN(C)C[C@H]2OC(CCCCCCCC/C=C\C/C=C\CCCCC)(CCCCCCCC/C=C\C/C=C\CCCCC)O[C@H]2[C@@H]1O. The number of likely N-dealkylation sites (tertiary alicyclic amines) is 1. The second kappa shape index (κ2) is 61.2. The second-order valence-corrected chi connectivity index (χ2v) is 26.2. The van der Waals surface area contributed by atoms with Crippen molar-refractivity contribution in [3.63, 3.8) is 0 Å². The molecular weight excluding hydrogens is 1050 g/mol. The molecule has 1 N–H and O–H groups in total. The van der Waals surface area contributed by atoms with E-state index in [0.29, 0.717) is 6.54 Å². The lowest BCUT2D eigenvalue weighted by Gasteiger charge is -2.32. The maximum atomic E-state index is 12.5. The van der Waals surface area contributed by atoms with E-state index >= 15 is 0 Å². The second-order valence-electron chi connectivity index (χ2n) is 26.2. The fourth-order valence-electron chi connectivity index (χ4n) is 12.3. The van der Waals surface area contributed by atoms with Gasteiger partial charge in [0, 0.05) is 32.4 Å². The highest BCUT2D eigenvalue weighted by Crippen LogP contribution is 2.41. The Labute approximate surface area is 536 Å². The first-order valence-electron chi connectivity index (χ1n) is 37.8. The molecule has 0 spiro atoms. The van der Waals surface area contributed by atoms with E-state index in [1.165, 1.54) is 257 Å². The minimum atomic E-state index is -0.742. The molecule has 496 valence electrons. The summed E-state index contributed by atoms with van der Waals surface area (Å²) >= 11 is 0. The van der Waals surface area contributed by atoms with E-state index in [1.54, 1.807) is 0 Å². The quantitative estimate of drug-likeness (QED) is 0.0374. The van der Waals surface area contributed by atoms with Crippen LogP contribution in [0.3, 0.4) is 0 Å². The molecule has 4 atom stereocenters. The summed E-state index contributed by atoms with van der Waals surface area (Å²) in [5, 5.41) is 12.5. The van der Waals surface area contributed by atoms with Crippen LogP contribution in [0.5, 0.6) is 0 Å². The summed E-state index contributed by atoms with van der Waals surface area (Å²) in [5.74, 6) is 0.452. The van der Waals surface area contributed by atoms with Gasteiger partial charge in [0.15, 0.2) is 5.79 Å². The molecule has 0 amide bonds. The maximum Gasteiger partial charge on any atom is 0.169 e. The number of ether oxygens (including phenoxy) is 3. The summed E-state index contributed by atoms with van der Waals surface area (Å²) in [5.41, 5.74) is 0. The third kappa shape index (κ3) is 47.3. The molecule has 0 aliphatic carbocycles. The average Bonchev–Trinajstić information content (AvgIpc) is 2.35. The number of hydrogen-bond donors (Lipinski definition) is 1. The molecule has 86 heavy (non-hydrogen) atoms. The molecule has 5 heteroatoms. The zero-order valence-corrected chi connectivity index (χ0v) is 57.7. The minimum absolute atomic E-state index is 0.162. The Morgan fingerprint density at radius 2 is 0.674 bits per heavy atom. The van der Waals surface area contributed by atoms with E-state index in [2.05, 4.69) is 143 Å². The monoisotopic (exact) mass is 1190 g/mol. The topological polar surface area (TPSA) is 51.2 Å². The molecule has 2 aliphatic heterocycles. The summed E-state index contributed by atoms with van der Waals surface area (Å²) < 4.78 is 21.4. The molecule has 0 aromatic carbocycles. The van der Waals surface area contributed by atoms with E-state index in [0.717, 1.165) is 82.9 Å². The number of fused-ring (bicyclic) bond motifs is 1. The number of allylic oxidation sites excluding steroid dienone is 18. The van der Waals surface area contributed by atoms with Crippen molar-refractivity contribution in [2.45, 2.75) is 385 Å². The molecule has 0 radical (unpaired) electrons. The first-order valence-corrected chi connectivity index (χ1v) is 37.8. The van der Waals surface area contributed by atoms with Crippen molar-refractivity contribution < 1.29 is 19.3 Å². The van der Waals surface area contributed by atoms with Gasteiger partial charge in [0.25, 0.3) is 0 Å². The fraction of sp³-hybridized carbons (Fsp3) is 0.778. The van der Waals surface area contributed by atoms with Gasteiger partial charge in [-0.05, 0) is 174 Å². The van der Waals surface area contributed by atoms with Crippen molar-refractivity contribution in [3.8, 4) is 0 Å². The van der Waals surface area contributed by atoms with Crippen LogP contribution in [-0.4, -0.2) is 60.3 Å². The number of hydrogen-bond acceptors (Lipinski definition) is 5. The molecule has 0 aromatic heterocycles. The van der Waals surface area contributed by atoms with Crippen molar-refractivity contribution in [2.24, 2.45) is 0 Å². The molecule has 0 unspecified atom stereocenters. The van der Waals surface area contributed by atoms with Crippen molar-refractivity contribution in [1.82, 2.24) is 4.90 Å². The van der Waals surface area contributed by atoms with Gasteiger partial charge in [-0.1, -0.05) is 273 Å². The summed E-state index contributed by atoms with van der Waals surface area (Å²) in [7, 11) is 2.19. The van der Waals surface area contributed by atoms with Gasteiger partial charge in [-0.3, -0.25) is 4.90 Å². The van der Waals surface area contributed by atoms with Gasteiger partial charge in [0.2, 0.25) is 0 Å². The normalized spacial score (nSPS) is 18.9. The van der Waals surface area contributed by atoms with Crippen molar-refractivity contribution >= 4 is 0 Å². The molecular formula is C81H143NO4. The molecule has 2 rings (SSSR count). The number of unbranched alkanes of at least 4 members (excludes halogenated alkanes) is 36. The largest absolute Gasteiger partial charge is 0.491 e. The molecule has 5 nitrogen and oxygen atoms in total. The van der Waals surface area contributed by atoms with E-state index in [4.69, 9.17) is 14.2 Å². The van der Waals surface area contributed by atoms with Crippen LogP contribution in [-0.2, 0) is 14.2 Å². The molecule has 0 aromatic rings. The van der Waals surface area contributed by atoms with Crippen LogP contribution in [0.2, 0.25) is 0 Å². The summed E-state index contributed by atoms with van der Waals surface area (Å²) in [6.07, 6.45) is 101.